The predicted molar refractivity (Wildman–Crippen MR) is 80.5 cm³/mol. The Labute approximate surface area is 133 Å². The zero-order valence-electron chi connectivity index (χ0n) is 13.0. The van der Waals surface area contributed by atoms with E-state index in [0.717, 1.165) is 38.8 Å². The molecule has 0 aliphatic carbocycles. The first kappa shape index (κ1) is 17.7. The van der Waals surface area contributed by atoms with Crippen molar-refractivity contribution in [2.24, 2.45) is 5.84 Å². The first-order chi connectivity index (χ1) is 10.8. The van der Waals surface area contributed by atoms with Crippen LogP contribution in [0.4, 0.5) is 13.2 Å². The van der Waals surface area contributed by atoms with Crippen molar-refractivity contribution >= 4 is 5.91 Å². The molecule has 3 N–H and O–H groups in total. The molecule has 0 saturated carbocycles. The van der Waals surface area contributed by atoms with E-state index >= 15 is 0 Å². The number of amides is 1. The van der Waals surface area contributed by atoms with Crippen LogP contribution in [-0.4, -0.2) is 48.4 Å². The fourth-order valence-electron chi connectivity index (χ4n) is 2.71. The van der Waals surface area contributed by atoms with Gasteiger partial charge in [-0.05, 0) is 24.2 Å². The molecule has 8 heteroatoms. The lowest BCUT2D eigenvalue weighted by atomic mass is 10.0. The Bertz CT molecular complexity index is 554. The Morgan fingerprint density at radius 1 is 1.22 bits per heavy atom. The van der Waals surface area contributed by atoms with Gasteiger partial charge in [0.25, 0.3) is 5.91 Å². The fourth-order valence-corrected chi connectivity index (χ4v) is 2.71. The Morgan fingerprint density at radius 2 is 1.83 bits per heavy atom. The zero-order valence-corrected chi connectivity index (χ0v) is 13.0. The number of piperazine rings is 1. The summed E-state index contributed by atoms with van der Waals surface area (Å²) in [7, 11) is 0. The van der Waals surface area contributed by atoms with Crippen LogP contribution in [0.15, 0.2) is 18.2 Å². The average Bonchev–Trinajstić information content (AvgIpc) is 2.54. The van der Waals surface area contributed by atoms with Gasteiger partial charge in [0.05, 0.1) is 5.56 Å². The third-order valence-electron chi connectivity index (χ3n) is 4.11. The molecule has 0 spiro atoms. The van der Waals surface area contributed by atoms with Gasteiger partial charge in [0.15, 0.2) is 0 Å². The van der Waals surface area contributed by atoms with Crippen LogP contribution >= 0.6 is 0 Å². The van der Waals surface area contributed by atoms with Crippen molar-refractivity contribution in [3.8, 4) is 0 Å². The highest BCUT2D eigenvalue weighted by molar-refractivity contribution is 5.94. The van der Waals surface area contributed by atoms with Crippen molar-refractivity contribution in [1.82, 2.24) is 15.2 Å². The van der Waals surface area contributed by atoms with E-state index < -0.39 is 17.6 Å². The second kappa shape index (κ2) is 7.29. The minimum atomic E-state index is -4.51. The van der Waals surface area contributed by atoms with Crippen LogP contribution in [0.25, 0.3) is 0 Å². The van der Waals surface area contributed by atoms with Crippen LogP contribution in [-0.2, 0) is 12.7 Å². The lowest BCUT2D eigenvalue weighted by Gasteiger charge is -2.34. The number of nitrogens with one attached hydrogen (secondary N) is 1. The van der Waals surface area contributed by atoms with Gasteiger partial charge in [-0.3, -0.25) is 15.1 Å². The van der Waals surface area contributed by atoms with Crippen LogP contribution in [0.5, 0.6) is 0 Å². The molecule has 0 aromatic heterocycles. The van der Waals surface area contributed by atoms with E-state index in [2.05, 4.69) is 11.8 Å². The Morgan fingerprint density at radius 3 is 2.35 bits per heavy atom. The molecule has 23 heavy (non-hydrogen) atoms. The number of alkyl halides is 3. The second-order valence-corrected chi connectivity index (χ2v) is 5.55. The number of rotatable bonds is 4. The van der Waals surface area contributed by atoms with Crippen LogP contribution in [0.1, 0.15) is 28.4 Å². The number of nitrogens with zero attached hydrogens (tertiary/aromatic N) is 2. The maximum atomic E-state index is 13.3. The van der Waals surface area contributed by atoms with E-state index in [4.69, 9.17) is 5.84 Å². The Kier molecular flexibility index (Phi) is 5.61. The molecule has 1 heterocycles. The highest BCUT2D eigenvalue weighted by Gasteiger charge is 2.34. The van der Waals surface area contributed by atoms with E-state index in [1.807, 2.05) is 10.3 Å². The number of hydrogen-bond acceptors (Lipinski definition) is 4. The first-order valence-corrected chi connectivity index (χ1v) is 7.51. The van der Waals surface area contributed by atoms with Crippen molar-refractivity contribution < 1.29 is 18.0 Å². The molecule has 0 bridgehead atoms. The van der Waals surface area contributed by atoms with Gasteiger partial charge in [-0.15, -0.1) is 0 Å². The standard InChI is InChI=1S/C15H21F3N4O/c1-2-21-5-7-22(8-6-21)10-12-4-3-11(14(23)20-19)9-13(12)15(16,17)18/h3-4,9H,2,5-8,10,19H2,1H3,(H,20,23). The smallest absolute Gasteiger partial charge is 0.301 e. The summed E-state index contributed by atoms with van der Waals surface area (Å²) in [5.74, 6) is 4.25. The topological polar surface area (TPSA) is 61.6 Å². The number of halogens is 3. The summed E-state index contributed by atoms with van der Waals surface area (Å²) in [6.07, 6.45) is -4.51. The van der Waals surface area contributed by atoms with Gasteiger partial charge in [0, 0.05) is 38.3 Å². The number of carbonyl (C=O) groups is 1. The van der Waals surface area contributed by atoms with E-state index in [-0.39, 0.29) is 17.7 Å². The summed E-state index contributed by atoms with van der Waals surface area (Å²) in [6.45, 7) is 6.41. The molecular weight excluding hydrogens is 309 g/mol. The lowest BCUT2D eigenvalue weighted by Crippen LogP contribution is -2.45. The van der Waals surface area contributed by atoms with Crippen LogP contribution in [0.2, 0.25) is 0 Å². The normalized spacial score (nSPS) is 17.3. The number of hydrogen-bond donors (Lipinski definition) is 2. The molecule has 5 nitrogen and oxygen atoms in total. The predicted octanol–water partition coefficient (Wildman–Crippen LogP) is 1.45. The van der Waals surface area contributed by atoms with E-state index in [0.29, 0.717) is 0 Å². The molecule has 1 aliphatic heterocycles. The number of likely N-dealkylation sites (N-methyl/N-ethyl adjacent to an activating group) is 1. The molecule has 2 rings (SSSR count). The van der Waals surface area contributed by atoms with Gasteiger partial charge in [0.1, 0.15) is 0 Å². The van der Waals surface area contributed by atoms with Crippen molar-refractivity contribution in [1.29, 1.82) is 0 Å². The molecule has 0 unspecified atom stereocenters. The quantitative estimate of drug-likeness (QED) is 0.498. The molecule has 1 fully saturated rings. The summed E-state index contributed by atoms with van der Waals surface area (Å²) >= 11 is 0. The van der Waals surface area contributed by atoms with Gasteiger partial charge in [-0.25, -0.2) is 5.84 Å². The summed E-state index contributed by atoms with van der Waals surface area (Å²) in [4.78, 5) is 15.7. The Balaban J connectivity index is 2.19. The summed E-state index contributed by atoms with van der Waals surface area (Å²) in [5, 5.41) is 0. The van der Waals surface area contributed by atoms with E-state index in [9.17, 15) is 18.0 Å². The van der Waals surface area contributed by atoms with Crippen molar-refractivity contribution in [2.75, 3.05) is 32.7 Å². The molecule has 1 aromatic carbocycles. The van der Waals surface area contributed by atoms with Gasteiger partial charge in [0.2, 0.25) is 0 Å². The van der Waals surface area contributed by atoms with Crippen LogP contribution in [0.3, 0.4) is 0 Å². The monoisotopic (exact) mass is 330 g/mol. The SMILES string of the molecule is CCN1CCN(Cc2ccc(C(=O)NN)cc2C(F)(F)F)CC1. The highest BCUT2D eigenvalue weighted by Crippen LogP contribution is 2.33. The van der Waals surface area contributed by atoms with Gasteiger partial charge < -0.3 is 4.90 Å². The molecule has 1 aliphatic rings. The second-order valence-electron chi connectivity index (χ2n) is 5.55. The largest absolute Gasteiger partial charge is 0.416 e. The highest BCUT2D eigenvalue weighted by atomic mass is 19.4. The average molecular weight is 330 g/mol. The van der Waals surface area contributed by atoms with Crippen LogP contribution in [0, 0.1) is 0 Å². The van der Waals surface area contributed by atoms with E-state index in [1.165, 1.54) is 12.1 Å². The molecule has 1 amide bonds. The van der Waals surface area contributed by atoms with Gasteiger partial charge in [-0.2, -0.15) is 13.2 Å². The van der Waals surface area contributed by atoms with Gasteiger partial charge >= 0.3 is 6.18 Å². The summed E-state index contributed by atoms with van der Waals surface area (Å²) < 4.78 is 39.8. The van der Waals surface area contributed by atoms with Crippen molar-refractivity contribution in [3.05, 3.63) is 34.9 Å². The maximum Gasteiger partial charge on any atom is 0.416 e. The number of carbonyl (C=O) groups excluding carboxylic acids is 1. The van der Waals surface area contributed by atoms with Crippen LogP contribution < -0.4 is 11.3 Å². The number of nitrogen functional groups attached to an aromatic ring is 1. The molecule has 1 aromatic rings. The number of nitrogens with two attached hydrogens (primary N) is 1. The van der Waals surface area contributed by atoms with Crippen molar-refractivity contribution in [3.63, 3.8) is 0 Å². The number of benzene rings is 1. The third-order valence-corrected chi connectivity index (χ3v) is 4.11. The molecule has 1 saturated heterocycles. The summed E-state index contributed by atoms with van der Waals surface area (Å²) in [5.41, 5.74) is 1.15. The molecular formula is C15H21F3N4O. The molecule has 0 atom stereocenters. The Hall–Kier alpha value is -1.64. The number of hydrazine groups is 1. The minimum Gasteiger partial charge on any atom is -0.301 e. The summed E-state index contributed by atoms with van der Waals surface area (Å²) in [6, 6.07) is 3.59. The maximum absolute atomic E-state index is 13.3. The zero-order chi connectivity index (χ0) is 17.0. The lowest BCUT2D eigenvalue weighted by molar-refractivity contribution is -0.138. The minimum absolute atomic E-state index is 0.0978. The molecule has 0 radical (unpaired) electrons. The fraction of sp³-hybridized carbons (Fsp3) is 0.533. The van der Waals surface area contributed by atoms with E-state index in [1.54, 1.807) is 0 Å². The third kappa shape index (κ3) is 4.43. The van der Waals surface area contributed by atoms with Crippen molar-refractivity contribution in [2.45, 2.75) is 19.6 Å². The van der Waals surface area contributed by atoms with Gasteiger partial charge in [-0.1, -0.05) is 13.0 Å². The first-order valence-electron chi connectivity index (χ1n) is 7.51. The molecule has 128 valence electrons.